The highest BCUT2D eigenvalue weighted by atomic mass is 35.5. The number of halogens is 1. The zero-order valence-corrected chi connectivity index (χ0v) is 13.6. The van der Waals surface area contributed by atoms with Gasteiger partial charge in [0.15, 0.2) is 0 Å². The Morgan fingerprint density at radius 3 is 2.74 bits per heavy atom. The average molecular weight is 313 g/mol. The lowest BCUT2D eigenvalue weighted by Crippen LogP contribution is -2.10. The van der Waals surface area contributed by atoms with Gasteiger partial charge in [0.25, 0.3) is 0 Å². The summed E-state index contributed by atoms with van der Waals surface area (Å²) < 4.78 is 0. The molecule has 0 spiro atoms. The largest absolute Gasteiger partial charge is 0.398 e. The van der Waals surface area contributed by atoms with Crippen molar-refractivity contribution < 1.29 is 0 Å². The average Bonchev–Trinajstić information content (AvgIpc) is 2.79. The van der Waals surface area contributed by atoms with E-state index in [-0.39, 0.29) is 5.41 Å². The van der Waals surface area contributed by atoms with Gasteiger partial charge in [-0.2, -0.15) is 0 Å². The van der Waals surface area contributed by atoms with Gasteiger partial charge in [-0.3, -0.25) is 0 Å². The molecule has 2 rings (SSSR count). The second-order valence-electron chi connectivity index (χ2n) is 5.36. The molecule has 0 bridgehead atoms. The van der Waals surface area contributed by atoms with Crippen LogP contribution in [0.15, 0.2) is 28.5 Å². The summed E-state index contributed by atoms with van der Waals surface area (Å²) >= 11 is 9.37. The zero-order chi connectivity index (χ0) is 14.0. The number of nitrogens with two attached hydrogens (primary N) is 1. The Kier molecular flexibility index (Phi) is 4.43. The SMILES string of the molecule is CC(C)(C)c1nc(CSc2cc(Cl)ccc2N)cs1. The second kappa shape index (κ2) is 5.73. The number of rotatable bonds is 3. The van der Waals surface area contributed by atoms with E-state index >= 15 is 0 Å². The monoisotopic (exact) mass is 312 g/mol. The minimum Gasteiger partial charge on any atom is -0.398 e. The highest BCUT2D eigenvalue weighted by Crippen LogP contribution is 2.32. The molecular formula is C14H17ClN2S2. The molecule has 0 aliphatic carbocycles. The minimum atomic E-state index is 0.114. The zero-order valence-electron chi connectivity index (χ0n) is 11.2. The summed E-state index contributed by atoms with van der Waals surface area (Å²) in [5.41, 5.74) is 7.91. The van der Waals surface area contributed by atoms with Crippen molar-refractivity contribution >= 4 is 40.4 Å². The van der Waals surface area contributed by atoms with Crippen LogP contribution in [0.25, 0.3) is 0 Å². The first-order valence-electron chi connectivity index (χ1n) is 5.99. The molecule has 0 atom stereocenters. The van der Waals surface area contributed by atoms with Crippen molar-refractivity contribution in [1.82, 2.24) is 4.98 Å². The Morgan fingerprint density at radius 1 is 1.37 bits per heavy atom. The molecule has 1 heterocycles. The Balaban J connectivity index is 2.06. The van der Waals surface area contributed by atoms with Crippen molar-refractivity contribution in [2.45, 2.75) is 36.8 Å². The molecule has 0 unspecified atom stereocenters. The smallest absolute Gasteiger partial charge is 0.0982 e. The molecule has 1 aromatic heterocycles. The molecule has 102 valence electrons. The fraction of sp³-hybridized carbons (Fsp3) is 0.357. The van der Waals surface area contributed by atoms with Gasteiger partial charge in [0.05, 0.1) is 10.7 Å². The molecule has 0 aliphatic heterocycles. The topological polar surface area (TPSA) is 38.9 Å². The summed E-state index contributed by atoms with van der Waals surface area (Å²) in [5, 5.41) is 4.00. The molecule has 0 saturated heterocycles. The molecule has 19 heavy (non-hydrogen) atoms. The van der Waals surface area contributed by atoms with Gasteiger partial charge >= 0.3 is 0 Å². The Labute approximate surface area is 127 Å². The lowest BCUT2D eigenvalue weighted by atomic mass is 9.98. The van der Waals surface area contributed by atoms with Gasteiger partial charge < -0.3 is 5.73 Å². The van der Waals surface area contributed by atoms with Crippen molar-refractivity contribution in [1.29, 1.82) is 0 Å². The molecule has 0 radical (unpaired) electrons. The normalized spacial score (nSPS) is 11.8. The Hall–Kier alpha value is -0.710. The number of nitrogens with zero attached hydrogens (tertiary/aromatic N) is 1. The first kappa shape index (κ1) is 14.7. The van der Waals surface area contributed by atoms with Crippen molar-refractivity contribution in [2.24, 2.45) is 0 Å². The van der Waals surface area contributed by atoms with Gasteiger partial charge in [-0.05, 0) is 18.2 Å². The number of thioether (sulfide) groups is 1. The third-order valence-electron chi connectivity index (χ3n) is 2.54. The molecule has 2 nitrogen and oxygen atoms in total. The number of hydrogen-bond acceptors (Lipinski definition) is 4. The summed E-state index contributed by atoms with van der Waals surface area (Å²) in [6.07, 6.45) is 0. The van der Waals surface area contributed by atoms with Crippen LogP contribution in [0.3, 0.4) is 0 Å². The van der Waals surface area contributed by atoms with E-state index in [1.165, 1.54) is 5.01 Å². The van der Waals surface area contributed by atoms with E-state index < -0.39 is 0 Å². The van der Waals surface area contributed by atoms with Gasteiger partial charge in [0.2, 0.25) is 0 Å². The fourth-order valence-corrected chi connectivity index (χ4v) is 3.65. The molecule has 0 amide bonds. The lowest BCUT2D eigenvalue weighted by Gasteiger charge is -2.13. The lowest BCUT2D eigenvalue weighted by molar-refractivity contribution is 0.584. The van der Waals surface area contributed by atoms with Crippen molar-refractivity contribution in [2.75, 3.05) is 5.73 Å². The van der Waals surface area contributed by atoms with Crippen molar-refractivity contribution in [3.8, 4) is 0 Å². The third kappa shape index (κ3) is 3.88. The van der Waals surface area contributed by atoms with Crippen LogP contribution in [0.2, 0.25) is 5.02 Å². The van der Waals surface area contributed by atoms with Crippen LogP contribution in [-0.4, -0.2) is 4.98 Å². The van der Waals surface area contributed by atoms with Crippen LogP contribution in [0.5, 0.6) is 0 Å². The van der Waals surface area contributed by atoms with E-state index in [1.54, 1.807) is 23.1 Å². The maximum Gasteiger partial charge on any atom is 0.0982 e. The highest BCUT2D eigenvalue weighted by molar-refractivity contribution is 7.98. The summed E-state index contributed by atoms with van der Waals surface area (Å²) in [4.78, 5) is 5.68. The second-order valence-corrected chi connectivity index (χ2v) is 7.68. The van der Waals surface area contributed by atoms with Crippen LogP contribution in [0.1, 0.15) is 31.5 Å². The maximum absolute atomic E-state index is 5.98. The van der Waals surface area contributed by atoms with E-state index in [0.29, 0.717) is 5.02 Å². The van der Waals surface area contributed by atoms with Gasteiger partial charge in [-0.25, -0.2) is 4.98 Å². The molecule has 0 saturated carbocycles. The van der Waals surface area contributed by atoms with Gasteiger partial charge in [-0.1, -0.05) is 32.4 Å². The summed E-state index contributed by atoms with van der Waals surface area (Å²) in [7, 11) is 0. The van der Waals surface area contributed by atoms with Gasteiger partial charge in [0.1, 0.15) is 0 Å². The van der Waals surface area contributed by atoms with E-state index in [9.17, 15) is 0 Å². The molecular weight excluding hydrogens is 296 g/mol. The first-order valence-corrected chi connectivity index (χ1v) is 8.23. The number of anilines is 1. The molecule has 1 aromatic carbocycles. The van der Waals surface area contributed by atoms with Gasteiger partial charge in [0, 0.05) is 32.2 Å². The minimum absolute atomic E-state index is 0.114. The van der Waals surface area contributed by atoms with E-state index in [1.807, 2.05) is 18.2 Å². The van der Waals surface area contributed by atoms with Crippen LogP contribution in [-0.2, 0) is 11.2 Å². The van der Waals surface area contributed by atoms with Gasteiger partial charge in [-0.15, -0.1) is 23.1 Å². The van der Waals surface area contributed by atoms with E-state index in [2.05, 4.69) is 31.1 Å². The third-order valence-corrected chi connectivity index (χ3v) is 5.20. The Morgan fingerprint density at radius 2 is 2.11 bits per heavy atom. The molecule has 2 aromatic rings. The number of nitrogen functional groups attached to an aromatic ring is 1. The number of aromatic nitrogens is 1. The quantitative estimate of drug-likeness (QED) is 0.642. The van der Waals surface area contributed by atoms with Crippen molar-refractivity contribution in [3.63, 3.8) is 0 Å². The number of thiazole rings is 1. The van der Waals surface area contributed by atoms with Crippen LogP contribution >= 0.6 is 34.7 Å². The standard InChI is InChI=1S/C14H17ClN2S2/c1-14(2,3)13-17-10(8-19-13)7-18-12-6-9(15)4-5-11(12)16/h4-6,8H,7,16H2,1-3H3. The van der Waals surface area contributed by atoms with Crippen LogP contribution in [0, 0.1) is 0 Å². The summed E-state index contributed by atoms with van der Waals surface area (Å²) in [6, 6.07) is 5.55. The molecule has 0 aliphatic rings. The highest BCUT2D eigenvalue weighted by Gasteiger charge is 2.18. The van der Waals surface area contributed by atoms with Crippen LogP contribution in [0.4, 0.5) is 5.69 Å². The first-order chi connectivity index (χ1) is 8.86. The maximum atomic E-state index is 5.98. The molecule has 0 fully saturated rings. The predicted molar refractivity (Wildman–Crippen MR) is 86.2 cm³/mol. The van der Waals surface area contributed by atoms with E-state index in [0.717, 1.165) is 22.0 Å². The summed E-state index contributed by atoms with van der Waals surface area (Å²) in [5.74, 6) is 0.817. The fourth-order valence-electron chi connectivity index (χ4n) is 1.50. The number of hydrogen-bond donors (Lipinski definition) is 1. The Bertz CT molecular complexity index is 573. The molecule has 2 N–H and O–H groups in total. The van der Waals surface area contributed by atoms with Crippen molar-refractivity contribution in [3.05, 3.63) is 39.3 Å². The van der Waals surface area contributed by atoms with E-state index in [4.69, 9.17) is 17.3 Å². The number of benzene rings is 1. The molecule has 5 heteroatoms. The summed E-state index contributed by atoms with van der Waals surface area (Å²) in [6.45, 7) is 6.53. The van der Waals surface area contributed by atoms with Crippen LogP contribution < -0.4 is 5.73 Å². The predicted octanol–water partition coefficient (Wildman–Crippen LogP) is 4.97.